The van der Waals surface area contributed by atoms with E-state index in [0.29, 0.717) is 6.54 Å². The average Bonchev–Trinajstić information content (AvgIpc) is 2.04. The van der Waals surface area contributed by atoms with Crippen molar-refractivity contribution in [3.05, 3.63) is 35.9 Å². The van der Waals surface area contributed by atoms with Crippen molar-refractivity contribution in [2.24, 2.45) is 0 Å². The van der Waals surface area contributed by atoms with Gasteiger partial charge in [-0.1, -0.05) is 30.3 Å². The summed E-state index contributed by atoms with van der Waals surface area (Å²) in [5.41, 5.74) is 1.08. The third-order valence-corrected chi connectivity index (χ3v) is 3.15. The summed E-state index contributed by atoms with van der Waals surface area (Å²) in [6.45, 7) is 0.555. The average molecular weight is 201 g/mol. The van der Waals surface area contributed by atoms with E-state index in [1.54, 1.807) is 11.4 Å². The van der Waals surface area contributed by atoms with Crippen LogP contribution in [0.15, 0.2) is 30.3 Å². The Morgan fingerprint density at radius 2 is 1.77 bits per heavy atom. The fraction of sp³-hybridized carbons (Fsp3) is 0.333. The molecule has 13 heavy (non-hydrogen) atoms. The fourth-order valence-electron chi connectivity index (χ4n) is 0.963. The molecule has 0 spiro atoms. The number of nitrogens with zero attached hydrogens (tertiary/aromatic N) is 1. The van der Waals surface area contributed by atoms with Crippen LogP contribution in [0.3, 0.4) is 0 Å². The highest BCUT2D eigenvalue weighted by molar-refractivity contribution is 8.21. The summed E-state index contributed by atoms with van der Waals surface area (Å²) in [6, 6.07) is 9.73. The maximum absolute atomic E-state index is 9.31. The van der Waals surface area contributed by atoms with E-state index in [1.807, 2.05) is 30.3 Å². The zero-order valence-electron chi connectivity index (χ0n) is 7.84. The van der Waals surface area contributed by atoms with Crippen LogP contribution in [0.4, 0.5) is 0 Å². The third-order valence-electron chi connectivity index (χ3n) is 1.84. The maximum atomic E-state index is 9.31. The van der Waals surface area contributed by atoms with Crippen LogP contribution in [0.25, 0.3) is 0 Å². The Bertz CT molecular complexity index is 258. The molecule has 0 aliphatic heterocycles. The lowest BCUT2D eigenvalue weighted by molar-refractivity contribution is 0.387. The zero-order valence-corrected chi connectivity index (χ0v) is 8.66. The number of benzene rings is 1. The second-order valence-corrected chi connectivity index (χ2v) is 5.27. The highest BCUT2D eigenvalue weighted by Crippen LogP contribution is 2.37. The fourth-order valence-corrected chi connectivity index (χ4v) is 1.36. The highest BCUT2D eigenvalue weighted by Gasteiger charge is 2.11. The van der Waals surface area contributed by atoms with Crippen LogP contribution in [0.1, 0.15) is 5.56 Å². The Morgan fingerprint density at radius 3 is 2.23 bits per heavy atom. The molecule has 0 radical (unpaired) electrons. The van der Waals surface area contributed by atoms with Gasteiger partial charge >= 0.3 is 0 Å². The molecule has 2 N–H and O–H groups in total. The summed E-state index contributed by atoms with van der Waals surface area (Å²) in [5, 5.41) is 0. The van der Waals surface area contributed by atoms with Crippen molar-refractivity contribution in [2.45, 2.75) is 6.54 Å². The van der Waals surface area contributed by atoms with E-state index in [9.17, 15) is 9.11 Å². The standard InChI is InChI=1S/C9H15NO2S/c1-10(13(2,11)12)8-9-6-4-3-5-7-9/h3-7,11-12H,8H2,1-2H3. The van der Waals surface area contributed by atoms with Crippen LogP contribution in [0.5, 0.6) is 0 Å². The largest absolute Gasteiger partial charge is 0.286 e. The first-order chi connectivity index (χ1) is 6.00. The van der Waals surface area contributed by atoms with E-state index in [-0.39, 0.29) is 0 Å². The van der Waals surface area contributed by atoms with Crippen molar-refractivity contribution in [2.75, 3.05) is 13.3 Å². The molecule has 74 valence electrons. The van der Waals surface area contributed by atoms with E-state index in [2.05, 4.69) is 0 Å². The van der Waals surface area contributed by atoms with Crippen molar-refractivity contribution in [3.63, 3.8) is 0 Å². The third kappa shape index (κ3) is 3.36. The minimum Gasteiger partial charge on any atom is -0.286 e. The Kier molecular flexibility index (Phi) is 3.33. The molecule has 3 nitrogen and oxygen atoms in total. The molecule has 0 saturated carbocycles. The van der Waals surface area contributed by atoms with Crippen molar-refractivity contribution < 1.29 is 9.11 Å². The SMILES string of the molecule is CN(Cc1ccccc1)S(C)(O)O. The van der Waals surface area contributed by atoms with Gasteiger partial charge in [0.2, 0.25) is 0 Å². The highest BCUT2D eigenvalue weighted by atomic mass is 32.3. The van der Waals surface area contributed by atoms with Crippen LogP contribution in [0, 0.1) is 0 Å². The van der Waals surface area contributed by atoms with E-state index in [1.165, 1.54) is 6.26 Å². The number of hydrogen-bond acceptors (Lipinski definition) is 3. The van der Waals surface area contributed by atoms with Gasteiger partial charge in [0.25, 0.3) is 0 Å². The predicted octanol–water partition coefficient (Wildman–Crippen LogP) is 2.41. The first kappa shape index (κ1) is 10.5. The second kappa shape index (κ2) is 4.11. The van der Waals surface area contributed by atoms with Crippen molar-refractivity contribution in [3.8, 4) is 0 Å². The lowest BCUT2D eigenvalue weighted by Gasteiger charge is -2.36. The Balaban J connectivity index is 2.61. The van der Waals surface area contributed by atoms with Gasteiger partial charge in [0, 0.05) is 19.8 Å². The molecule has 1 aromatic rings. The number of rotatable bonds is 3. The summed E-state index contributed by atoms with van der Waals surface area (Å²) in [5.74, 6) is 0. The molecule has 0 amide bonds. The topological polar surface area (TPSA) is 43.7 Å². The Hall–Kier alpha value is -0.550. The first-order valence-electron chi connectivity index (χ1n) is 3.98. The molecule has 0 aromatic heterocycles. The lowest BCUT2D eigenvalue weighted by atomic mass is 10.2. The minimum atomic E-state index is -2.57. The van der Waals surface area contributed by atoms with Crippen LogP contribution in [-0.2, 0) is 6.54 Å². The van der Waals surface area contributed by atoms with Gasteiger partial charge in [-0.2, -0.15) is 0 Å². The second-order valence-electron chi connectivity index (χ2n) is 3.06. The van der Waals surface area contributed by atoms with Crippen molar-refractivity contribution >= 4 is 10.8 Å². The summed E-state index contributed by atoms with van der Waals surface area (Å²) in [6.07, 6.45) is 1.43. The van der Waals surface area contributed by atoms with Crippen LogP contribution < -0.4 is 0 Å². The summed E-state index contributed by atoms with van der Waals surface area (Å²) < 4.78 is 20.2. The molecule has 0 unspecified atom stereocenters. The monoisotopic (exact) mass is 201 g/mol. The molecule has 0 heterocycles. The molecule has 0 saturated heterocycles. The molecule has 0 aliphatic rings. The molecule has 0 bridgehead atoms. The van der Waals surface area contributed by atoms with Gasteiger partial charge in [-0.15, -0.1) is 10.8 Å². The number of hydrogen-bond donors (Lipinski definition) is 2. The molecule has 1 aromatic carbocycles. The van der Waals surface area contributed by atoms with Gasteiger partial charge in [0.1, 0.15) is 0 Å². The smallest absolute Gasteiger partial charge is 0.0424 e. The van der Waals surface area contributed by atoms with Crippen molar-refractivity contribution in [1.29, 1.82) is 0 Å². The van der Waals surface area contributed by atoms with Crippen molar-refractivity contribution in [1.82, 2.24) is 4.31 Å². The van der Waals surface area contributed by atoms with Gasteiger partial charge in [-0.3, -0.25) is 9.11 Å². The molecular weight excluding hydrogens is 186 g/mol. The van der Waals surface area contributed by atoms with E-state index < -0.39 is 10.8 Å². The van der Waals surface area contributed by atoms with Gasteiger partial charge in [0.05, 0.1) is 0 Å². The molecule has 0 fully saturated rings. The minimum absolute atomic E-state index is 0.555. The summed E-state index contributed by atoms with van der Waals surface area (Å²) >= 11 is 0. The van der Waals surface area contributed by atoms with Gasteiger partial charge in [-0.05, 0) is 5.56 Å². The predicted molar refractivity (Wildman–Crippen MR) is 56.7 cm³/mol. The quantitative estimate of drug-likeness (QED) is 0.789. The summed E-state index contributed by atoms with van der Waals surface area (Å²) in [4.78, 5) is 0. The molecule has 1 rings (SSSR count). The van der Waals surface area contributed by atoms with Gasteiger partial charge in [0.15, 0.2) is 0 Å². The summed E-state index contributed by atoms with van der Waals surface area (Å²) in [7, 11) is -0.871. The van der Waals surface area contributed by atoms with E-state index >= 15 is 0 Å². The van der Waals surface area contributed by atoms with E-state index in [0.717, 1.165) is 5.56 Å². The normalized spacial score (nSPS) is 13.3. The molecule has 4 heteroatoms. The maximum Gasteiger partial charge on any atom is 0.0424 e. The Morgan fingerprint density at radius 1 is 1.23 bits per heavy atom. The van der Waals surface area contributed by atoms with E-state index in [4.69, 9.17) is 0 Å². The Labute approximate surface area is 80.5 Å². The molecule has 0 atom stereocenters. The van der Waals surface area contributed by atoms with Crippen LogP contribution >= 0.6 is 10.8 Å². The zero-order chi connectivity index (χ0) is 9.90. The molecule has 0 aliphatic carbocycles. The van der Waals surface area contributed by atoms with Crippen LogP contribution in [-0.4, -0.2) is 26.7 Å². The van der Waals surface area contributed by atoms with Gasteiger partial charge < -0.3 is 0 Å². The van der Waals surface area contributed by atoms with Crippen LogP contribution in [0.2, 0.25) is 0 Å². The molecular formula is C9H15NO2S. The lowest BCUT2D eigenvalue weighted by Crippen LogP contribution is -2.21. The van der Waals surface area contributed by atoms with Gasteiger partial charge in [-0.25, -0.2) is 4.31 Å². The first-order valence-corrected chi connectivity index (χ1v) is 5.90.